The SMILES string of the molecule is C/C=C/[C@@H](O)CCOC(OC(CO)[C@H](C)OC1OC(CO)C(OC(OC(CO)[C@@H](C)O)[C@@H](O)CO)C(O)C1O)[C@@H](O)CO. The maximum Gasteiger partial charge on any atom is 0.187 e. The van der Waals surface area contributed by atoms with Crippen LogP contribution in [0.1, 0.15) is 27.2 Å². The fourth-order valence-corrected chi connectivity index (χ4v) is 3.99. The minimum absolute atomic E-state index is 0.0806. The van der Waals surface area contributed by atoms with Crippen molar-refractivity contribution in [1.82, 2.24) is 0 Å². The van der Waals surface area contributed by atoms with Gasteiger partial charge < -0.3 is 84.6 Å². The first-order valence-corrected chi connectivity index (χ1v) is 14.0. The van der Waals surface area contributed by atoms with Crippen LogP contribution in [0.2, 0.25) is 0 Å². The molecule has 0 amide bonds. The van der Waals surface area contributed by atoms with Crippen LogP contribution in [0.15, 0.2) is 12.2 Å². The van der Waals surface area contributed by atoms with Gasteiger partial charge in [0.2, 0.25) is 0 Å². The molecule has 0 saturated carbocycles. The molecule has 1 rings (SSSR count). The molecule has 0 bridgehead atoms. The van der Waals surface area contributed by atoms with Gasteiger partial charge in [0.05, 0.1) is 58.0 Å². The summed E-state index contributed by atoms with van der Waals surface area (Å²) in [5.74, 6) is 0. The molecule has 0 aromatic carbocycles. The van der Waals surface area contributed by atoms with E-state index in [0.29, 0.717) is 0 Å². The lowest BCUT2D eigenvalue weighted by molar-refractivity contribution is -0.352. The van der Waals surface area contributed by atoms with Gasteiger partial charge in [0, 0.05) is 6.42 Å². The third-order valence-corrected chi connectivity index (χ3v) is 6.61. The summed E-state index contributed by atoms with van der Waals surface area (Å²) in [6.07, 6.45) is -17.0. The zero-order chi connectivity index (χ0) is 32.7. The highest BCUT2D eigenvalue weighted by Gasteiger charge is 2.48. The molecule has 0 aromatic heterocycles. The van der Waals surface area contributed by atoms with Gasteiger partial charge in [-0.25, -0.2) is 0 Å². The Labute approximate surface area is 250 Å². The molecule has 1 heterocycles. The van der Waals surface area contributed by atoms with E-state index in [-0.39, 0.29) is 13.0 Å². The van der Waals surface area contributed by atoms with E-state index >= 15 is 0 Å². The third kappa shape index (κ3) is 12.8. The summed E-state index contributed by atoms with van der Waals surface area (Å²) >= 11 is 0. The molecule has 0 spiro atoms. The van der Waals surface area contributed by atoms with Gasteiger partial charge in [0.15, 0.2) is 18.9 Å². The second-order valence-electron chi connectivity index (χ2n) is 10.1. The Morgan fingerprint density at radius 2 is 1.35 bits per heavy atom. The van der Waals surface area contributed by atoms with Crippen LogP contribution in [0.25, 0.3) is 0 Å². The number of hydrogen-bond donors (Lipinski definition) is 11. The Kier molecular flexibility index (Phi) is 19.5. The molecule has 0 radical (unpaired) electrons. The molecule has 9 unspecified atom stereocenters. The average molecular weight is 635 g/mol. The fraction of sp³-hybridized carbons (Fsp3) is 0.923. The lowest BCUT2D eigenvalue weighted by atomic mass is 9.98. The number of aliphatic hydroxyl groups is 11. The summed E-state index contributed by atoms with van der Waals surface area (Å²) in [4.78, 5) is 0. The van der Waals surface area contributed by atoms with Crippen molar-refractivity contribution in [3.63, 3.8) is 0 Å². The Balaban J connectivity index is 2.96. The number of allylic oxidation sites excluding steroid dienone is 1. The molecule has 1 fully saturated rings. The summed E-state index contributed by atoms with van der Waals surface area (Å²) in [5.41, 5.74) is 0. The van der Waals surface area contributed by atoms with Crippen molar-refractivity contribution in [3.8, 4) is 0 Å². The highest BCUT2D eigenvalue weighted by Crippen LogP contribution is 2.28. The van der Waals surface area contributed by atoms with Gasteiger partial charge in [-0.2, -0.15) is 0 Å². The van der Waals surface area contributed by atoms with E-state index in [2.05, 4.69) is 0 Å². The second kappa shape index (κ2) is 21.0. The third-order valence-electron chi connectivity index (χ3n) is 6.61. The zero-order valence-corrected chi connectivity index (χ0v) is 24.6. The van der Waals surface area contributed by atoms with Crippen LogP contribution < -0.4 is 0 Å². The average Bonchev–Trinajstić information content (AvgIpc) is 2.99. The maximum absolute atomic E-state index is 10.8. The van der Waals surface area contributed by atoms with E-state index in [1.165, 1.54) is 19.9 Å². The normalized spacial score (nSPS) is 29.5. The standard InChI is InChI=1S/C26H50O17/c1-4-5-15(33)6-7-38-24(16(34)8-27)41-19(11-30)14(3)39-26-22(37)21(36)23(20(12-31)42-26)43-25(17(35)9-28)40-18(10-29)13(2)32/h4-5,13-37H,6-12H2,1-3H3/b5-4+/t13-,14+,15-,16+,17+,18?,19?,20?,21?,22?,23?,24?,25?,26?/m1/s1. The second-order valence-corrected chi connectivity index (χ2v) is 10.1. The summed E-state index contributed by atoms with van der Waals surface area (Å²) in [7, 11) is 0. The van der Waals surface area contributed by atoms with Crippen LogP contribution in [-0.4, -0.2) is 182 Å². The number of hydrogen-bond acceptors (Lipinski definition) is 17. The Morgan fingerprint density at radius 1 is 0.767 bits per heavy atom. The van der Waals surface area contributed by atoms with E-state index < -0.39 is 119 Å². The van der Waals surface area contributed by atoms with Gasteiger partial charge >= 0.3 is 0 Å². The first kappa shape index (κ1) is 40.1. The molecule has 1 aliphatic heterocycles. The summed E-state index contributed by atoms with van der Waals surface area (Å²) < 4.78 is 33.2. The van der Waals surface area contributed by atoms with Crippen molar-refractivity contribution >= 4 is 0 Å². The molecular weight excluding hydrogens is 584 g/mol. The van der Waals surface area contributed by atoms with Gasteiger partial charge in [-0.3, -0.25) is 0 Å². The molecule has 43 heavy (non-hydrogen) atoms. The molecule has 0 aromatic rings. The summed E-state index contributed by atoms with van der Waals surface area (Å²) in [6.45, 7) is 0.550. The molecule has 256 valence electrons. The Morgan fingerprint density at radius 3 is 1.86 bits per heavy atom. The molecule has 1 saturated heterocycles. The molecule has 17 heteroatoms. The van der Waals surface area contributed by atoms with Gasteiger partial charge in [-0.05, 0) is 20.8 Å². The van der Waals surface area contributed by atoms with Crippen LogP contribution in [0, 0.1) is 0 Å². The van der Waals surface area contributed by atoms with Crippen molar-refractivity contribution in [3.05, 3.63) is 12.2 Å². The van der Waals surface area contributed by atoms with Crippen molar-refractivity contribution in [2.75, 3.05) is 39.6 Å². The van der Waals surface area contributed by atoms with Gasteiger partial charge in [-0.1, -0.05) is 12.2 Å². The molecule has 17 nitrogen and oxygen atoms in total. The Hall–Kier alpha value is -0.940. The predicted molar refractivity (Wildman–Crippen MR) is 144 cm³/mol. The summed E-state index contributed by atoms with van der Waals surface area (Å²) in [6, 6.07) is 0. The van der Waals surface area contributed by atoms with Gasteiger partial charge in [-0.15, -0.1) is 0 Å². The smallest absolute Gasteiger partial charge is 0.187 e. The maximum atomic E-state index is 10.8. The largest absolute Gasteiger partial charge is 0.394 e. The number of ether oxygens (including phenoxy) is 6. The molecule has 0 aliphatic carbocycles. The zero-order valence-electron chi connectivity index (χ0n) is 24.6. The first-order valence-electron chi connectivity index (χ1n) is 14.0. The Bertz CT molecular complexity index is 742. The lowest BCUT2D eigenvalue weighted by Crippen LogP contribution is -2.62. The molecular formula is C26H50O17. The van der Waals surface area contributed by atoms with Crippen LogP contribution in [-0.2, 0) is 28.4 Å². The number of aliphatic hydroxyl groups excluding tert-OH is 11. The number of rotatable bonds is 22. The van der Waals surface area contributed by atoms with Gasteiger partial charge in [0.1, 0.15) is 48.8 Å². The fourth-order valence-electron chi connectivity index (χ4n) is 3.99. The van der Waals surface area contributed by atoms with E-state index in [1.807, 2.05) is 0 Å². The van der Waals surface area contributed by atoms with Crippen molar-refractivity contribution < 1.29 is 84.6 Å². The minimum Gasteiger partial charge on any atom is -0.394 e. The van der Waals surface area contributed by atoms with Crippen LogP contribution in [0.5, 0.6) is 0 Å². The van der Waals surface area contributed by atoms with E-state index in [0.717, 1.165) is 0 Å². The first-order chi connectivity index (χ1) is 20.4. The lowest BCUT2D eigenvalue weighted by Gasteiger charge is -2.44. The van der Waals surface area contributed by atoms with Crippen molar-refractivity contribution in [1.29, 1.82) is 0 Å². The highest BCUT2D eigenvalue weighted by molar-refractivity contribution is 4.92. The van der Waals surface area contributed by atoms with Crippen LogP contribution in [0.4, 0.5) is 0 Å². The van der Waals surface area contributed by atoms with Crippen LogP contribution >= 0.6 is 0 Å². The van der Waals surface area contributed by atoms with Crippen molar-refractivity contribution in [2.45, 2.75) is 113 Å². The molecule has 1 aliphatic rings. The van der Waals surface area contributed by atoms with Crippen LogP contribution in [0.3, 0.4) is 0 Å². The molecule has 14 atom stereocenters. The predicted octanol–water partition coefficient (Wildman–Crippen LogP) is -4.95. The quantitative estimate of drug-likeness (QED) is 0.0393. The van der Waals surface area contributed by atoms with E-state index in [1.54, 1.807) is 13.0 Å². The van der Waals surface area contributed by atoms with Gasteiger partial charge in [0.25, 0.3) is 0 Å². The van der Waals surface area contributed by atoms with Crippen molar-refractivity contribution in [2.24, 2.45) is 0 Å². The minimum atomic E-state index is -1.84. The molecule has 11 N–H and O–H groups in total. The monoisotopic (exact) mass is 634 g/mol. The van der Waals surface area contributed by atoms with E-state index in [9.17, 15) is 56.2 Å². The summed E-state index contributed by atoms with van der Waals surface area (Å²) in [5, 5.41) is 109. The topological polar surface area (TPSA) is 278 Å². The van der Waals surface area contributed by atoms with E-state index in [4.69, 9.17) is 28.4 Å². The highest BCUT2D eigenvalue weighted by atomic mass is 16.8.